The summed E-state index contributed by atoms with van der Waals surface area (Å²) in [6.45, 7) is 6.44. The Bertz CT molecular complexity index is 1330. The van der Waals surface area contributed by atoms with Gasteiger partial charge in [-0.05, 0) is 61.0 Å². The van der Waals surface area contributed by atoms with Gasteiger partial charge in [-0.3, -0.25) is 14.2 Å². The van der Waals surface area contributed by atoms with E-state index in [1.54, 1.807) is 4.57 Å². The molecular formula is C25H25N5O3S. The topological polar surface area (TPSA) is 113 Å². The van der Waals surface area contributed by atoms with Crippen molar-refractivity contribution in [3.05, 3.63) is 60.3 Å². The Labute approximate surface area is 201 Å². The van der Waals surface area contributed by atoms with Crippen LogP contribution in [0.4, 0.5) is 0 Å². The van der Waals surface area contributed by atoms with Gasteiger partial charge in [0.1, 0.15) is 11.3 Å². The lowest BCUT2D eigenvalue weighted by atomic mass is 10.2. The number of rotatable bonds is 8. The van der Waals surface area contributed by atoms with Crippen molar-refractivity contribution in [1.29, 1.82) is 0 Å². The van der Waals surface area contributed by atoms with Gasteiger partial charge in [-0.1, -0.05) is 32.0 Å². The molecule has 0 radical (unpaired) electrons. The summed E-state index contributed by atoms with van der Waals surface area (Å²) in [6, 6.07) is 16.7. The van der Waals surface area contributed by atoms with Gasteiger partial charge < -0.3 is 10.5 Å². The summed E-state index contributed by atoms with van der Waals surface area (Å²) in [5, 5.41) is 0.385. The molecule has 0 aliphatic carbocycles. The summed E-state index contributed by atoms with van der Waals surface area (Å²) in [7, 11) is 0. The number of fused-ring (bicyclic) bond motifs is 1. The molecule has 174 valence electrons. The van der Waals surface area contributed by atoms with Crippen LogP contribution in [0.15, 0.2) is 59.8 Å². The second-order valence-electron chi connectivity index (χ2n) is 8.03. The van der Waals surface area contributed by atoms with Gasteiger partial charge in [0.05, 0.1) is 6.61 Å². The molecule has 0 saturated carbocycles. The number of amides is 1. The number of nitrogens with zero attached hydrogens (tertiary/aromatic N) is 4. The van der Waals surface area contributed by atoms with Crippen LogP contribution in [0.25, 0.3) is 28.2 Å². The average molecular weight is 476 g/mol. The molecule has 0 aliphatic rings. The van der Waals surface area contributed by atoms with Crippen LogP contribution in [0, 0.1) is 5.92 Å². The first-order valence-electron chi connectivity index (χ1n) is 11.0. The van der Waals surface area contributed by atoms with Gasteiger partial charge in [0, 0.05) is 17.7 Å². The third kappa shape index (κ3) is 4.94. The van der Waals surface area contributed by atoms with Gasteiger partial charge in [-0.15, -0.1) is 0 Å². The molecular weight excluding hydrogens is 450 g/mol. The molecule has 0 spiro atoms. The van der Waals surface area contributed by atoms with Crippen LogP contribution in [-0.2, 0) is 4.79 Å². The van der Waals surface area contributed by atoms with Crippen molar-refractivity contribution in [2.45, 2.75) is 32.3 Å². The Hall–Kier alpha value is -3.72. The van der Waals surface area contributed by atoms with Crippen LogP contribution in [0.1, 0.15) is 37.7 Å². The van der Waals surface area contributed by atoms with Crippen LogP contribution in [-0.4, -0.2) is 37.1 Å². The fourth-order valence-electron chi connectivity index (χ4n) is 3.46. The lowest BCUT2D eigenvalue weighted by Gasteiger charge is -2.10. The number of hydrogen-bond acceptors (Lipinski definition) is 7. The van der Waals surface area contributed by atoms with Crippen molar-refractivity contribution in [2.75, 3.05) is 6.61 Å². The van der Waals surface area contributed by atoms with Crippen LogP contribution in [0.2, 0.25) is 0 Å². The second-order valence-corrected chi connectivity index (χ2v) is 9.05. The van der Waals surface area contributed by atoms with Crippen LogP contribution in [0.3, 0.4) is 0 Å². The van der Waals surface area contributed by atoms with Crippen molar-refractivity contribution in [3.8, 4) is 22.8 Å². The number of carbonyl (C=O) groups is 2. The number of para-hydroxylation sites is 1. The largest absolute Gasteiger partial charge is 0.494 e. The quantitative estimate of drug-likeness (QED) is 0.369. The number of benzene rings is 2. The van der Waals surface area contributed by atoms with Gasteiger partial charge in [-0.25, -0.2) is 15.0 Å². The molecule has 0 bridgehead atoms. The number of aromatic nitrogens is 4. The first-order chi connectivity index (χ1) is 16.4. The summed E-state index contributed by atoms with van der Waals surface area (Å²) in [5.74, 6) is 0.537. The number of hydrogen-bond donors (Lipinski definition) is 1. The fraction of sp³-hybridized carbons (Fsp3) is 0.240. The van der Waals surface area contributed by atoms with E-state index in [4.69, 9.17) is 15.5 Å². The fourth-order valence-corrected chi connectivity index (χ4v) is 4.50. The highest BCUT2D eigenvalue weighted by Crippen LogP contribution is 2.31. The number of thioether (sulfide) groups is 1. The van der Waals surface area contributed by atoms with Crippen molar-refractivity contribution in [2.24, 2.45) is 11.7 Å². The zero-order valence-electron chi connectivity index (χ0n) is 19.2. The minimum Gasteiger partial charge on any atom is -0.494 e. The first-order valence-corrected chi connectivity index (χ1v) is 11.8. The summed E-state index contributed by atoms with van der Waals surface area (Å²) < 4.78 is 7.28. The maximum Gasteiger partial charge on any atom is 0.269 e. The highest BCUT2D eigenvalue weighted by molar-refractivity contribution is 8.13. The number of carbonyl (C=O) groups excluding carboxylic acids is 2. The number of nitrogens with two attached hydrogens (primary N) is 1. The maximum absolute atomic E-state index is 12.6. The molecule has 0 fully saturated rings. The molecule has 1 amide bonds. The van der Waals surface area contributed by atoms with E-state index in [0.29, 0.717) is 35.2 Å². The molecule has 9 heteroatoms. The van der Waals surface area contributed by atoms with Crippen LogP contribution >= 0.6 is 11.8 Å². The Morgan fingerprint density at radius 1 is 1.03 bits per heavy atom. The van der Waals surface area contributed by atoms with Crippen molar-refractivity contribution in [1.82, 2.24) is 19.5 Å². The molecule has 0 unspecified atom stereocenters. The number of imidazole rings is 1. The minimum atomic E-state index is -0.720. The highest BCUT2D eigenvalue weighted by Gasteiger charge is 2.24. The third-order valence-electron chi connectivity index (χ3n) is 4.93. The number of primary amides is 1. The van der Waals surface area contributed by atoms with E-state index in [9.17, 15) is 9.59 Å². The third-order valence-corrected chi connectivity index (χ3v) is 5.78. The van der Waals surface area contributed by atoms with Gasteiger partial charge in [-0.2, -0.15) is 0 Å². The first kappa shape index (κ1) is 23.4. The zero-order valence-corrected chi connectivity index (χ0v) is 20.0. The Morgan fingerprint density at radius 2 is 1.74 bits per heavy atom. The smallest absolute Gasteiger partial charge is 0.269 e. The minimum absolute atomic E-state index is 0.00160. The predicted molar refractivity (Wildman–Crippen MR) is 132 cm³/mol. The van der Waals surface area contributed by atoms with E-state index in [1.165, 1.54) is 0 Å². The van der Waals surface area contributed by atoms with Crippen molar-refractivity contribution >= 4 is 33.9 Å². The van der Waals surface area contributed by atoms with Gasteiger partial charge >= 0.3 is 0 Å². The summed E-state index contributed by atoms with van der Waals surface area (Å²) in [4.78, 5) is 38.8. The predicted octanol–water partition coefficient (Wildman–Crippen LogP) is 4.64. The van der Waals surface area contributed by atoms with Crippen molar-refractivity contribution < 1.29 is 14.3 Å². The van der Waals surface area contributed by atoms with Gasteiger partial charge in [0.2, 0.25) is 0 Å². The lowest BCUT2D eigenvalue weighted by molar-refractivity contribution is -0.111. The summed E-state index contributed by atoms with van der Waals surface area (Å²) in [5.41, 5.74) is 7.80. The zero-order chi connectivity index (χ0) is 24.2. The van der Waals surface area contributed by atoms with E-state index in [0.717, 1.165) is 23.2 Å². The van der Waals surface area contributed by atoms with Gasteiger partial charge in [0.25, 0.3) is 5.91 Å². The molecule has 2 aromatic heterocycles. The SMILES string of the molecule is CCOc1ccc(-c2nc(C(N)=O)c3nc(SC(=O)CC(C)C)n(-c4ccccc4)c3n2)cc1. The van der Waals surface area contributed by atoms with Crippen molar-refractivity contribution in [3.63, 3.8) is 0 Å². The molecule has 2 aromatic carbocycles. The van der Waals surface area contributed by atoms with Crippen LogP contribution < -0.4 is 10.5 Å². The summed E-state index contributed by atoms with van der Waals surface area (Å²) >= 11 is 1.03. The Kier molecular flexibility index (Phi) is 6.93. The van der Waals surface area contributed by atoms with Gasteiger partial charge in [0.15, 0.2) is 27.4 Å². The maximum atomic E-state index is 12.6. The molecule has 2 N–H and O–H groups in total. The molecule has 4 rings (SSSR count). The molecule has 34 heavy (non-hydrogen) atoms. The van der Waals surface area contributed by atoms with E-state index in [2.05, 4.69) is 9.97 Å². The molecule has 0 saturated heterocycles. The highest BCUT2D eigenvalue weighted by atomic mass is 32.2. The van der Waals surface area contributed by atoms with E-state index < -0.39 is 5.91 Å². The van der Waals surface area contributed by atoms with E-state index in [-0.39, 0.29) is 22.2 Å². The monoisotopic (exact) mass is 475 g/mol. The van der Waals surface area contributed by atoms with Crippen LogP contribution in [0.5, 0.6) is 5.75 Å². The number of ether oxygens (including phenoxy) is 1. The Balaban J connectivity index is 1.92. The standard InChI is InChI=1S/C25H25N5O3S/c1-4-33-18-12-10-16(11-13-18)23-27-20(22(26)32)21-24(29-23)30(17-8-6-5-7-9-17)25(28-21)34-19(31)14-15(2)3/h5-13,15H,4,14H2,1-3H3,(H2,26,32). The average Bonchev–Trinajstić information content (AvgIpc) is 3.16. The molecule has 4 aromatic rings. The molecule has 2 heterocycles. The van der Waals surface area contributed by atoms with E-state index in [1.807, 2.05) is 75.4 Å². The normalized spacial score (nSPS) is 11.2. The van der Waals surface area contributed by atoms with E-state index >= 15 is 0 Å². The second kappa shape index (κ2) is 10.0. The lowest BCUT2D eigenvalue weighted by Crippen LogP contribution is -2.15. The molecule has 0 atom stereocenters. The molecule has 8 nitrogen and oxygen atoms in total. The molecule has 0 aliphatic heterocycles. The summed E-state index contributed by atoms with van der Waals surface area (Å²) in [6.07, 6.45) is 0.397. The Morgan fingerprint density at radius 3 is 2.35 bits per heavy atom.